The van der Waals surface area contributed by atoms with Crippen LogP contribution in [0, 0.1) is 5.82 Å². The molecule has 0 bridgehead atoms. The summed E-state index contributed by atoms with van der Waals surface area (Å²) in [5.41, 5.74) is 0. The normalized spacial score (nSPS) is 9.79. The summed E-state index contributed by atoms with van der Waals surface area (Å²) in [6.45, 7) is 0.287. The standard InChI is InChI=1S/C10H11FO3/c11-8-3-1-4-9(7-8)14-6-2-5-10(12)13/h1,3-4,7H,2,5-6H2,(H,12,13). The second-order valence-corrected chi connectivity index (χ2v) is 2.80. The first-order chi connectivity index (χ1) is 6.68. The SMILES string of the molecule is O=C(O)CCCOc1cccc(F)c1. The lowest BCUT2D eigenvalue weighted by molar-refractivity contribution is -0.137. The van der Waals surface area contributed by atoms with Crippen LogP contribution >= 0.6 is 0 Å². The molecule has 3 nitrogen and oxygen atoms in total. The Labute approximate surface area is 81.1 Å². The molecule has 0 radical (unpaired) electrons. The van der Waals surface area contributed by atoms with Gasteiger partial charge in [0.05, 0.1) is 6.61 Å². The Hall–Kier alpha value is -1.58. The lowest BCUT2D eigenvalue weighted by atomic mass is 10.3. The van der Waals surface area contributed by atoms with Crippen molar-refractivity contribution in [1.29, 1.82) is 0 Å². The van der Waals surface area contributed by atoms with E-state index in [9.17, 15) is 9.18 Å². The summed E-state index contributed by atoms with van der Waals surface area (Å²) in [4.78, 5) is 10.1. The Morgan fingerprint density at radius 1 is 1.50 bits per heavy atom. The molecule has 0 fully saturated rings. The molecule has 1 aromatic rings. The molecule has 0 heterocycles. The topological polar surface area (TPSA) is 46.5 Å². The number of hydrogen-bond donors (Lipinski definition) is 1. The number of rotatable bonds is 5. The summed E-state index contributed by atoms with van der Waals surface area (Å²) < 4.78 is 17.8. The Bertz CT molecular complexity index is 312. The predicted octanol–water partition coefficient (Wildman–Crippen LogP) is 2.07. The minimum Gasteiger partial charge on any atom is -0.493 e. The maximum atomic E-state index is 12.6. The highest BCUT2D eigenvalue weighted by atomic mass is 19.1. The molecule has 0 saturated heterocycles. The zero-order valence-electron chi connectivity index (χ0n) is 7.57. The first-order valence-electron chi connectivity index (χ1n) is 4.28. The maximum absolute atomic E-state index is 12.6. The van der Waals surface area contributed by atoms with Crippen molar-refractivity contribution in [3.8, 4) is 5.75 Å². The molecule has 14 heavy (non-hydrogen) atoms. The van der Waals surface area contributed by atoms with E-state index in [1.54, 1.807) is 12.1 Å². The average Bonchev–Trinajstić information content (AvgIpc) is 2.12. The lowest BCUT2D eigenvalue weighted by Gasteiger charge is -2.04. The molecule has 1 rings (SSSR count). The maximum Gasteiger partial charge on any atom is 0.303 e. The number of hydrogen-bond acceptors (Lipinski definition) is 2. The van der Waals surface area contributed by atoms with Crippen LogP contribution in [0.25, 0.3) is 0 Å². The number of ether oxygens (including phenoxy) is 1. The second-order valence-electron chi connectivity index (χ2n) is 2.80. The van der Waals surface area contributed by atoms with Gasteiger partial charge in [0.2, 0.25) is 0 Å². The lowest BCUT2D eigenvalue weighted by Crippen LogP contribution is -2.02. The van der Waals surface area contributed by atoms with Gasteiger partial charge in [0, 0.05) is 12.5 Å². The predicted molar refractivity (Wildman–Crippen MR) is 48.8 cm³/mol. The van der Waals surface area contributed by atoms with E-state index in [-0.39, 0.29) is 18.8 Å². The highest BCUT2D eigenvalue weighted by Gasteiger charge is 1.98. The molecule has 0 saturated carbocycles. The van der Waals surface area contributed by atoms with E-state index in [1.807, 2.05) is 0 Å². The Morgan fingerprint density at radius 3 is 2.93 bits per heavy atom. The monoisotopic (exact) mass is 198 g/mol. The molecule has 0 unspecified atom stereocenters. The largest absolute Gasteiger partial charge is 0.493 e. The average molecular weight is 198 g/mol. The summed E-state index contributed by atoms with van der Waals surface area (Å²) in [6, 6.07) is 5.76. The van der Waals surface area contributed by atoms with Gasteiger partial charge in [-0.2, -0.15) is 0 Å². The van der Waals surface area contributed by atoms with Crippen LogP contribution in [0.15, 0.2) is 24.3 Å². The van der Waals surface area contributed by atoms with Gasteiger partial charge < -0.3 is 9.84 Å². The number of benzene rings is 1. The molecule has 0 amide bonds. The van der Waals surface area contributed by atoms with Crippen LogP contribution in [0.4, 0.5) is 4.39 Å². The third-order valence-electron chi connectivity index (χ3n) is 1.60. The molecule has 1 N–H and O–H groups in total. The van der Waals surface area contributed by atoms with Gasteiger partial charge >= 0.3 is 5.97 Å². The quantitative estimate of drug-likeness (QED) is 0.736. The molecule has 0 spiro atoms. The van der Waals surface area contributed by atoms with Crippen molar-refractivity contribution in [2.75, 3.05) is 6.61 Å². The Balaban J connectivity index is 2.28. The first kappa shape index (κ1) is 10.5. The van der Waals surface area contributed by atoms with E-state index in [0.29, 0.717) is 12.2 Å². The van der Waals surface area contributed by atoms with Crippen molar-refractivity contribution < 1.29 is 19.0 Å². The van der Waals surface area contributed by atoms with E-state index in [0.717, 1.165) is 0 Å². The fourth-order valence-electron chi connectivity index (χ4n) is 0.970. The molecule has 0 aliphatic heterocycles. The number of carbonyl (C=O) groups is 1. The molecular formula is C10H11FO3. The van der Waals surface area contributed by atoms with E-state index >= 15 is 0 Å². The molecular weight excluding hydrogens is 187 g/mol. The van der Waals surface area contributed by atoms with Crippen molar-refractivity contribution >= 4 is 5.97 Å². The Kier molecular flexibility index (Phi) is 3.91. The minimum absolute atomic E-state index is 0.0648. The minimum atomic E-state index is -0.854. The molecule has 0 aliphatic rings. The van der Waals surface area contributed by atoms with Gasteiger partial charge in [0.25, 0.3) is 0 Å². The van der Waals surface area contributed by atoms with E-state index in [4.69, 9.17) is 9.84 Å². The third-order valence-corrected chi connectivity index (χ3v) is 1.60. The third kappa shape index (κ3) is 3.89. The van der Waals surface area contributed by atoms with Crippen LogP contribution < -0.4 is 4.74 Å². The van der Waals surface area contributed by atoms with Crippen molar-refractivity contribution in [3.05, 3.63) is 30.1 Å². The summed E-state index contributed by atoms with van der Waals surface area (Å²) >= 11 is 0. The van der Waals surface area contributed by atoms with Gasteiger partial charge in [-0.3, -0.25) is 4.79 Å². The highest BCUT2D eigenvalue weighted by molar-refractivity contribution is 5.66. The fourth-order valence-corrected chi connectivity index (χ4v) is 0.970. The number of aliphatic carboxylic acids is 1. The van der Waals surface area contributed by atoms with Crippen LogP contribution in [0.2, 0.25) is 0 Å². The van der Waals surface area contributed by atoms with Crippen LogP contribution in [-0.4, -0.2) is 17.7 Å². The van der Waals surface area contributed by atoms with Crippen molar-refractivity contribution in [2.45, 2.75) is 12.8 Å². The zero-order chi connectivity index (χ0) is 10.4. The van der Waals surface area contributed by atoms with E-state index in [1.165, 1.54) is 12.1 Å². The van der Waals surface area contributed by atoms with Crippen LogP contribution in [0.5, 0.6) is 5.75 Å². The van der Waals surface area contributed by atoms with Gasteiger partial charge in [-0.15, -0.1) is 0 Å². The second kappa shape index (κ2) is 5.21. The smallest absolute Gasteiger partial charge is 0.303 e. The van der Waals surface area contributed by atoms with Crippen molar-refractivity contribution in [3.63, 3.8) is 0 Å². The summed E-state index contributed by atoms with van der Waals surface area (Å²) in [7, 11) is 0. The van der Waals surface area contributed by atoms with Crippen LogP contribution in [0.3, 0.4) is 0 Å². The van der Waals surface area contributed by atoms with Crippen LogP contribution in [-0.2, 0) is 4.79 Å². The first-order valence-corrected chi connectivity index (χ1v) is 4.28. The number of carboxylic acid groups (broad SMARTS) is 1. The molecule has 0 aliphatic carbocycles. The van der Waals surface area contributed by atoms with Crippen molar-refractivity contribution in [2.24, 2.45) is 0 Å². The molecule has 1 aromatic carbocycles. The number of halogens is 1. The van der Waals surface area contributed by atoms with Gasteiger partial charge in [0.15, 0.2) is 0 Å². The van der Waals surface area contributed by atoms with Gasteiger partial charge in [0.1, 0.15) is 11.6 Å². The highest BCUT2D eigenvalue weighted by Crippen LogP contribution is 2.12. The zero-order valence-corrected chi connectivity index (χ0v) is 7.57. The van der Waals surface area contributed by atoms with E-state index < -0.39 is 5.97 Å². The Morgan fingerprint density at radius 2 is 2.29 bits per heavy atom. The van der Waals surface area contributed by atoms with Crippen LogP contribution in [0.1, 0.15) is 12.8 Å². The molecule has 4 heteroatoms. The summed E-state index contributed by atoms with van der Waals surface area (Å²) in [5, 5.41) is 8.34. The molecule has 76 valence electrons. The van der Waals surface area contributed by atoms with Gasteiger partial charge in [-0.25, -0.2) is 4.39 Å². The fraction of sp³-hybridized carbons (Fsp3) is 0.300. The van der Waals surface area contributed by atoms with E-state index in [2.05, 4.69) is 0 Å². The number of carboxylic acids is 1. The molecule has 0 aromatic heterocycles. The van der Waals surface area contributed by atoms with Gasteiger partial charge in [-0.05, 0) is 18.6 Å². The van der Waals surface area contributed by atoms with Gasteiger partial charge in [-0.1, -0.05) is 6.07 Å². The molecule has 0 atom stereocenters. The summed E-state index contributed by atoms with van der Waals surface area (Å²) in [5.74, 6) is -0.788. The summed E-state index contributed by atoms with van der Waals surface area (Å²) in [6.07, 6.45) is 0.487. The van der Waals surface area contributed by atoms with Crippen molar-refractivity contribution in [1.82, 2.24) is 0 Å².